The van der Waals surface area contributed by atoms with Gasteiger partial charge in [-0.3, -0.25) is 4.79 Å². The highest BCUT2D eigenvalue weighted by Crippen LogP contribution is 2.32. The maximum absolute atomic E-state index is 13.2. The topological polar surface area (TPSA) is 59.1 Å². The van der Waals surface area contributed by atoms with Crippen LogP contribution in [0.2, 0.25) is 0 Å². The first-order valence-corrected chi connectivity index (χ1v) is 9.86. The van der Waals surface area contributed by atoms with Crippen molar-refractivity contribution in [3.8, 4) is 0 Å². The lowest BCUT2D eigenvalue weighted by Gasteiger charge is -2.38. The molecular formula is C21H29FN2O4. The second-order valence-corrected chi connectivity index (χ2v) is 8.38. The van der Waals surface area contributed by atoms with Gasteiger partial charge in [-0.25, -0.2) is 9.18 Å². The number of halogens is 1. The Kier molecular flexibility index (Phi) is 5.93. The van der Waals surface area contributed by atoms with Crippen LogP contribution in [0.25, 0.3) is 0 Å². The maximum Gasteiger partial charge on any atom is 0.338 e. The van der Waals surface area contributed by atoms with Gasteiger partial charge in [0.05, 0.1) is 5.92 Å². The van der Waals surface area contributed by atoms with Gasteiger partial charge in [0.1, 0.15) is 5.82 Å². The van der Waals surface area contributed by atoms with Gasteiger partial charge in [-0.1, -0.05) is 13.8 Å². The van der Waals surface area contributed by atoms with Gasteiger partial charge in [0.15, 0.2) is 6.10 Å². The highest BCUT2D eigenvalue weighted by molar-refractivity contribution is 5.88. The Morgan fingerprint density at radius 2 is 1.79 bits per heavy atom. The summed E-state index contributed by atoms with van der Waals surface area (Å²) >= 11 is 0. The van der Waals surface area contributed by atoms with Gasteiger partial charge >= 0.3 is 5.97 Å². The number of rotatable bonds is 5. The molecule has 1 amide bonds. The molecular weight excluding hydrogens is 363 g/mol. The lowest BCUT2D eigenvalue weighted by Crippen LogP contribution is -2.52. The maximum atomic E-state index is 13.2. The van der Waals surface area contributed by atoms with E-state index >= 15 is 0 Å². The van der Waals surface area contributed by atoms with Gasteiger partial charge in [-0.05, 0) is 36.6 Å². The van der Waals surface area contributed by atoms with Gasteiger partial charge in [0, 0.05) is 45.7 Å². The van der Waals surface area contributed by atoms with E-state index in [-0.39, 0.29) is 17.6 Å². The molecule has 2 fully saturated rings. The van der Waals surface area contributed by atoms with Gasteiger partial charge in [0.2, 0.25) is 11.7 Å². The zero-order valence-corrected chi connectivity index (χ0v) is 17.0. The van der Waals surface area contributed by atoms with E-state index in [2.05, 4.69) is 4.90 Å². The molecule has 0 aromatic heterocycles. The molecule has 0 aliphatic carbocycles. The van der Waals surface area contributed by atoms with Crippen molar-refractivity contribution < 1.29 is 23.5 Å². The van der Waals surface area contributed by atoms with Crippen LogP contribution in [0.5, 0.6) is 0 Å². The average molecular weight is 392 g/mol. The zero-order chi connectivity index (χ0) is 20.5. The fourth-order valence-corrected chi connectivity index (χ4v) is 3.86. The minimum atomic E-state index is -1.00. The van der Waals surface area contributed by atoms with Crippen molar-refractivity contribution in [1.29, 1.82) is 0 Å². The number of carbonyl (C=O) groups is 2. The quantitative estimate of drug-likeness (QED) is 0.721. The molecule has 3 rings (SSSR count). The van der Waals surface area contributed by atoms with Gasteiger partial charge < -0.3 is 19.3 Å². The summed E-state index contributed by atoms with van der Waals surface area (Å²) in [5, 5.41) is 0. The number of anilines is 1. The molecule has 0 saturated carbocycles. The number of amides is 1. The molecule has 28 heavy (non-hydrogen) atoms. The fourth-order valence-electron chi connectivity index (χ4n) is 3.86. The van der Waals surface area contributed by atoms with Crippen LogP contribution < -0.4 is 4.90 Å². The summed E-state index contributed by atoms with van der Waals surface area (Å²) in [6, 6.07) is 6.38. The third-order valence-electron chi connectivity index (χ3n) is 5.18. The molecule has 0 radical (unpaired) electrons. The van der Waals surface area contributed by atoms with E-state index in [4.69, 9.17) is 9.47 Å². The van der Waals surface area contributed by atoms with Gasteiger partial charge in [-0.2, -0.15) is 0 Å². The molecule has 1 aromatic carbocycles. The summed E-state index contributed by atoms with van der Waals surface area (Å²) in [5.41, 5.74) is 0.941. The van der Waals surface area contributed by atoms with Crippen LogP contribution in [-0.4, -0.2) is 54.8 Å². The SMILES string of the molecule is CC(C)C[C@H](C(=O)N1CCN(c2ccc(F)cc2)CC1)[C@@H]1OC(C)(C)OC1=O. The molecule has 0 N–H and O–H groups in total. The summed E-state index contributed by atoms with van der Waals surface area (Å²) in [7, 11) is 0. The second-order valence-electron chi connectivity index (χ2n) is 8.38. The highest BCUT2D eigenvalue weighted by Gasteiger charge is 2.48. The number of hydrogen-bond acceptors (Lipinski definition) is 5. The van der Waals surface area contributed by atoms with E-state index in [1.807, 2.05) is 13.8 Å². The fraction of sp³-hybridized carbons (Fsp3) is 0.619. The van der Waals surface area contributed by atoms with E-state index in [0.29, 0.717) is 32.6 Å². The minimum Gasteiger partial charge on any atom is -0.432 e. The Balaban J connectivity index is 1.67. The molecule has 1 aromatic rings. The molecule has 2 aliphatic rings. The van der Waals surface area contributed by atoms with Crippen molar-refractivity contribution in [2.75, 3.05) is 31.1 Å². The highest BCUT2D eigenvalue weighted by atomic mass is 19.1. The van der Waals surface area contributed by atoms with Crippen LogP contribution in [0.4, 0.5) is 10.1 Å². The number of hydrogen-bond donors (Lipinski definition) is 0. The van der Waals surface area contributed by atoms with E-state index in [1.54, 1.807) is 30.9 Å². The first-order valence-electron chi connectivity index (χ1n) is 9.86. The lowest BCUT2D eigenvalue weighted by molar-refractivity contribution is -0.163. The van der Waals surface area contributed by atoms with Crippen molar-refractivity contribution in [1.82, 2.24) is 4.90 Å². The smallest absolute Gasteiger partial charge is 0.338 e. The van der Waals surface area contributed by atoms with Crippen LogP contribution in [0.1, 0.15) is 34.1 Å². The number of carbonyl (C=O) groups excluding carboxylic acids is 2. The van der Waals surface area contributed by atoms with Crippen LogP contribution in [0, 0.1) is 17.7 Å². The number of esters is 1. The van der Waals surface area contributed by atoms with Gasteiger partial charge in [-0.15, -0.1) is 0 Å². The number of benzene rings is 1. The first kappa shape index (κ1) is 20.6. The normalized spacial score (nSPS) is 23.1. The third-order valence-corrected chi connectivity index (χ3v) is 5.18. The minimum absolute atomic E-state index is 0.0629. The predicted molar refractivity (Wildman–Crippen MR) is 103 cm³/mol. The van der Waals surface area contributed by atoms with Crippen LogP contribution in [0.3, 0.4) is 0 Å². The van der Waals surface area contributed by atoms with Crippen LogP contribution in [-0.2, 0) is 19.1 Å². The predicted octanol–water partition coefficient (Wildman–Crippen LogP) is 2.81. The van der Waals surface area contributed by atoms with E-state index in [1.165, 1.54) is 12.1 Å². The number of nitrogens with zero attached hydrogens (tertiary/aromatic N) is 2. The van der Waals surface area contributed by atoms with Crippen molar-refractivity contribution in [2.45, 2.75) is 46.0 Å². The van der Waals surface area contributed by atoms with Crippen LogP contribution >= 0.6 is 0 Å². The second kappa shape index (κ2) is 8.07. The zero-order valence-electron chi connectivity index (χ0n) is 17.0. The molecule has 2 aliphatic heterocycles. The third kappa shape index (κ3) is 4.63. The Labute approximate surface area is 165 Å². The molecule has 2 atom stereocenters. The first-order chi connectivity index (χ1) is 13.2. The van der Waals surface area contributed by atoms with E-state index < -0.39 is 23.8 Å². The summed E-state index contributed by atoms with van der Waals surface area (Å²) in [5.74, 6) is -2.10. The molecule has 0 spiro atoms. The molecule has 2 saturated heterocycles. The van der Waals surface area contributed by atoms with Crippen LogP contribution in [0.15, 0.2) is 24.3 Å². The van der Waals surface area contributed by atoms with Gasteiger partial charge in [0.25, 0.3) is 0 Å². The van der Waals surface area contributed by atoms with Crippen molar-refractivity contribution in [2.24, 2.45) is 11.8 Å². The van der Waals surface area contributed by atoms with Crippen molar-refractivity contribution in [3.05, 3.63) is 30.1 Å². The number of ether oxygens (including phenoxy) is 2. The Morgan fingerprint density at radius 1 is 1.18 bits per heavy atom. The average Bonchev–Trinajstić information content (AvgIpc) is 2.92. The molecule has 6 nitrogen and oxygen atoms in total. The lowest BCUT2D eigenvalue weighted by atomic mass is 9.90. The standard InChI is InChI=1S/C21H29FN2O4/c1-14(2)13-17(18-20(26)28-21(3,4)27-18)19(25)24-11-9-23(10-12-24)16-7-5-15(22)6-8-16/h5-8,14,17-18H,9-13H2,1-4H3/t17-,18-/m0/s1. The van der Waals surface area contributed by atoms with E-state index in [0.717, 1.165) is 5.69 Å². The largest absolute Gasteiger partial charge is 0.432 e. The molecule has 154 valence electrons. The van der Waals surface area contributed by atoms with E-state index in [9.17, 15) is 14.0 Å². The van der Waals surface area contributed by atoms with Crippen molar-refractivity contribution in [3.63, 3.8) is 0 Å². The summed E-state index contributed by atoms with van der Waals surface area (Å²) in [6.45, 7) is 9.84. The summed E-state index contributed by atoms with van der Waals surface area (Å²) in [6.07, 6.45) is -0.299. The summed E-state index contributed by atoms with van der Waals surface area (Å²) < 4.78 is 24.2. The monoisotopic (exact) mass is 392 g/mol. The molecule has 0 bridgehead atoms. The summed E-state index contributed by atoms with van der Waals surface area (Å²) in [4.78, 5) is 29.5. The Bertz CT molecular complexity index is 712. The number of piperazine rings is 1. The Hall–Kier alpha value is -2.15. The van der Waals surface area contributed by atoms with Crippen molar-refractivity contribution >= 4 is 17.6 Å². The molecule has 2 heterocycles. The molecule has 7 heteroatoms. The Morgan fingerprint density at radius 3 is 2.29 bits per heavy atom. The molecule has 0 unspecified atom stereocenters. The number of cyclic esters (lactones) is 1.